The first kappa shape index (κ1) is 12.1. The molecule has 2 fully saturated rings. The summed E-state index contributed by atoms with van der Waals surface area (Å²) in [4.78, 5) is 13.9. The number of carbonyl (C=O) groups is 1. The highest BCUT2D eigenvalue weighted by molar-refractivity contribution is 5.60. The Labute approximate surface area is 99.4 Å². The number of carbonyl (C=O) groups excluding carboxylic acids is 1. The Morgan fingerprint density at radius 3 is 2.31 bits per heavy atom. The van der Waals surface area contributed by atoms with Crippen LogP contribution in [-0.2, 0) is 4.79 Å². The molecule has 2 nitrogen and oxygen atoms in total. The molecule has 92 valence electrons. The molecule has 0 unspecified atom stereocenters. The van der Waals surface area contributed by atoms with E-state index in [-0.39, 0.29) is 5.41 Å². The van der Waals surface area contributed by atoms with Crippen molar-refractivity contribution in [3.05, 3.63) is 0 Å². The van der Waals surface area contributed by atoms with E-state index in [2.05, 4.69) is 18.9 Å². The maximum atomic E-state index is 11.4. The summed E-state index contributed by atoms with van der Waals surface area (Å²) in [6.07, 6.45) is 9.98. The summed E-state index contributed by atoms with van der Waals surface area (Å²) in [5.74, 6) is 0.821. The van der Waals surface area contributed by atoms with Crippen LogP contribution in [0, 0.1) is 11.3 Å². The molecule has 0 spiro atoms. The molecule has 2 heteroatoms. The minimum absolute atomic E-state index is 0.0170. The zero-order valence-corrected chi connectivity index (χ0v) is 10.7. The molecule has 2 aliphatic carbocycles. The van der Waals surface area contributed by atoms with Crippen molar-refractivity contribution in [3.8, 4) is 0 Å². The van der Waals surface area contributed by atoms with E-state index in [0.717, 1.165) is 31.3 Å². The van der Waals surface area contributed by atoms with Gasteiger partial charge in [-0.1, -0.05) is 13.3 Å². The molecule has 0 saturated heterocycles. The van der Waals surface area contributed by atoms with Gasteiger partial charge in [0.1, 0.15) is 6.29 Å². The second-order valence-electron chi connectivity index (χ2n) is 6.16. The van der Waals surface area contributed by atoms with Crippen molar-refractivity contribution in [2.45, 2.75) is 57.9 Å². The van der Waals surface area contributed by atoms with Gasteiger partial charge in [0.15, 0.2) is 0 Å². The highest BCUT2D eigenvalue weighted by Gasteiger charge is 2.36. The first-order chi connectivity index (χ1) is 7.65. The average Bonchev–Trinajstić information content (AvgIpc) is 2.19. The molecule has 0 amide bonds. The fourth-order valence-corrected chi connectivity index (χ4v) is 3.10. The lowest BCUT2D eigenvalue weighted by molar-refractivity contribution is -0.120. The summed E-state index contributed by atoms with van der Waals surface area (Å²) >= 11 is 0. The lowest BCUT2D eigenvalue weighted by atomic mass is 9.71. The predicted molar refractivity (Wildman–Crippen MR) is 66.4 cm³/mol. The highest BCUT2D eigenvalue weighted by atomic mass is 16.1. The Morgan fingerprint density at radius 1 is 1.25 bits per heavy atom. The van der Waals surface area contributed by atoms with E-state index in [9.17, 15) is 4.79 Å². The second kappa shape index (κ2) is 4.87. The molecule has 0 aromatic carbocycles. The molecule has 0 heterocycles. The molecule has 16 heavy (non-hydrogen) atoms. The van der Waals surface area contributed by atoms with Crippen molar-refractivity contribution in [3.63, 3.8) is 0 Å². The summed E-state index contributed by atoms with van der Waals surface area (Å²) in [6.45, 7) is 3.30. The number of hydrogen-bond acceptors (Lipinski definition) is 2. The van der Waals surface area contributed by atoms with Crippen LogP contribution < -0.4 is 0 Å². The zero-order chi connectivity index (χ0) is 11.6. The fourth-order valence-electron chi connectivity index (χ4n) is 3.10. The predicted octanol–water partition coefficient (Wildman–Crippen LogP) is 2.87. The minimum atomic E-state index is -0.0170. The van der Waals surface area contributed by atoms with Gasteiger partial charge in [0.05, 0.1) is 0 Å². The van der Waals surface area contributed by atoms with Gasteiger partial charge in [0.2, 0.25) is 0 Å². The molecular formula is C14H25NO. The summed E-state index contributed by atoms with van der Waals surface area (Å²) in [5, 5.41) is 0. The van der Waals surface area contributed by atoms with Crippen LogP contribution >= 0.6 is 0 Å². The smallest absolute Gasteiger partial charge is 0.127 e. The minimum Gasteiger partial charge on any atom is -0.303 e. The quantitative estimate of drug-likeness (QED) is 0.683. The Balaban J connectivity index is 1.90. The monoisotopic (exact) mass is 223 g/mol. The molecule has 0 bridgehead atoms. The van der Waals surface area contributed by atoms with Crippen LogP contribution in [0.15, 0.2) is 0 Å². The SMILES string of the molecule is CC1CCC(C=O)(CN(C)C2CCC2)CC1. The summed E-state index contributed by atoms with van der Waals surface area (Å²) in [5.41, 5.74) is -0.0170. The van der Waals surface area contributed by atoms with E-state index >= 15 is 0 Å². The van der Waals surface area contributed by atoms with Crippen molar-refractivity contribution in [1.29, 1.82) is 0 Å². The van der Waals surface area contributed by atoms with Crippen molar-refractivity contribution >= 4 is 6.29 Å². The summed E-state index contributed by atoms with van der Waals surface area (Å²) in [6, 6.07) is 0.760. The molecule has 0 aromatic heterocycles. The number of aldehydes is 1. The Bertz CT molecular complexity index is 239. The van der Waals surface area contributed by atoms with E-state index in [1.807, 2.05) is 0 Å². The standard InChI is InChI=1S/C14H25NO/c1-12-6-8-14(11-16,9-7-12)10-15(2)13-4-3-5-13/h11-13H,3-10H2,1-2H3. The summed E-state index contributed by atoms with van der Waals surface area (Å²) < 4.78 is 0. The van der Waals surface area contributed by atoms with E-state index in [4.69, 9.17) is 0 Å². The molecule has 0 aliphatic heterocycles. The fraction of sp³-hybridized carbons (Fsp3) is 0.929. The van der Waals surface area contributed by atoms with Crippen LogP contribution in [0.1, 0.15) is 51.9 Å². The lowest BCUT2D eigenvalue weighted by Gasteiger charge is -2.42. The maximum Gasteiger partial charge on any atom is 0.127 e. The van der Waals surface area contributed by atoms with E-state index in [0.29, 0.717) is 0 Å². The average molecular weight is 223 g/mol. The zero-order valence-electron chi connectivity index (χ0n) is 10.7. The highest BCUT2D eigenvalue weighted by Crippen LogP contribution is 2.39. The third kappa shape index (κ3) is 2.48. The molecule has 0 radical (unpaired) electrons. The van der Waals surface area contributed by atoms with E-state index < -0.39 is 0 Å². The van der Waals surface area contributed by atoms with Crippen LogP contribution in [-0.4, -0.2) is 30.8 Å². The lowest BCUT2D eigenvalue weighted by Crippen LogP contribution is -2.46. The second-order valence-corrected chi connectivity index (χ2v) is 6.16. The number of hydrogen-bond donors (Lipinski definition) is 0. The maximum absolute atomic E-state index is 11.4. The van der Waals surface area contributed by atoms with Crippen LogP contribution in [0.2, 0.25) is 0 Å². The molecule has 2 aliphatic rings. The van der Waals surface area contributed by atoms with E-state index in [1.165, 1.54) is 38.4 Å². The van der Waals surface area contributed by atoms with Gasteiger partial charge in [-0.25, -0.2) is 0 Å². The summed E-state index contributed by atoms with van der Waals surface area (Å²) in [7, 11) is 2.20. The first-order valence-electron chi connectivity index (χ1n) is 6.82. The molecule has 2 rings (SSSR count). The van der Waals surface area contributed by atoms with Crippen LogP contribution in [0.25, 0.3) is 0 Å². The van der Waals surface area contributed by atoms with Gasteiger partial charge in [-0.15, -0.1) is 0 Å². The van der Waals surface area contributed by atoms with Crippen molar-refractivity contribution in [2.24, 2.45) is 11.3 Å². The van der Waals surface area contributed by atoms with Gasteiger partial charge in [-0.05, 0) is 51.5 Å². The topological polar surface area (TPSA) is 20.3 Å². The molecule has 0 aromatic rings. The van der Waals surface area contributed by atoms with E-state index in [1.54, 1.807) is 0 Å². The largest absolute Gasteiger partial charge is 0.303 e. The van der Waals surface area contributed by atoms with Crippen LogP contribution in [0.4, 0.5) is 0 Å². The van der Waals surface area contributed by atoms with Crippen LogP contribution in [0.3, 0.4) is 0 Å². The van der Waals surface area contributed by atoms with Crippen LogP contribution in [0.5, 0.6) is 0 Å². The van der Waals surface area contributed by atoms with Gasteiger partial charge in [-0.3, -0.25) is 0 Å². The van der Waals surface area contributed by atoms with Crippen molar-refractivity contribution < 1.29 is 4.79 Å². The van der Waals surface area contributed by atoms with Gasteiger partial charge < -0.3 is 9.69 Å². The molecule has 0 atom stereocenters. The number of nitrogens with zero attached hydrogens (tertiary/aromatic N) is 1. The third-order valence-electron chi connectivity index (χ3n) is 4.78. The van der Waals surface area contributed by atoms with Crippen molar-refractivity contribution in [2.75, 3.05) is 13.6 Å². The van der Waals surface area contributed by atoms with Gasteiger partial charge in [-0.2, -0.15) is 0 Å². The first-order valence-corrected chi connectivity index (χ1v) is 6.82. The van der Waals surface area contributed by atoms with Gasteiger partial charge in [0, 0.05) is 18.0 Å². The Morgan fingerprint density at radius 2 is 1.88 bits per heavy atom. The molecular weight excluding hydrogens is 198 g/mol. The molecule has 0 N–H and O–H groups in total. The molecule has 2 saturated carbocycles. The Hall–Kier alpha value is -0.370. The normalized spacial score (nSPS) is 36.1. The third-order valence-corrected chi connectivity index (χ3v) is 4.78. The number of rotatable bonds is 4. The van der Waals surface area contributed by atoms with Gasteiger partial charge >= 0.3 is 0 Å². The van der Waals surface area contributed by atoms with Gasteiger partial charge in [0.25, 0.3) is 0 Å². The Kier molecular flexibility index (Phi) is 3.68. The van der Waals surface area contributed by atoms with Crippen molar-refractivity contribution in [1.82, 2.24) is 4.90 Å².